The van der Waals surface area contributed by atoms with Crippen LogP contribution in [0.3, 0.4) is 0 Å². The lowest BCUT2D eigenvalue weighted by molar-refractivity contribution is 0.00278. The number of hydrogen-bond acceptors (Lipinski definition) is 3. The molecule has 88 valence electrons. The lowest BCUT2D eigenvalue weighted by atomic mass is 10.2. The average molecular weight is 228 g/mol. The molecular weight excluding hydrogens is 215 g/mol. The molecule has 0 radical (unpaired) electrons. The van der Waals surface area contributed by atoms with Crippen LogP contribution in [-0.4, -0.2) is 16.2 Å². The molecule has 0 saturated carbocycles. The molecule has 1 N–H and O–H groups in total. The summed E-state index contributed by atoms with van der Waals surface area (Å²) < 4.78 is 19.6. The molecule has 1 aliphatic heterocycles. The second-order valence-electron chi connectivity index (χ2n) is 3.82. The highest BCUT2D eigenvalue weighted by Crippen LogP contribution is 2.19. The van der Waals surface area contributed by atoms with Crippen molar-refractivity contribution in [3.63, 3.8) is 0 Å². The van der Waals surface area contributed by atoms with Gasteiger partial charge in [0.2, 0.25) is 5.82 Å². The summed E-state index contributed by atoms with van der Waals surface area (Å²) in [6.45, 7) is 0.553. The summed E-state index contributed by atoms with van der Waals surface area (Å²) in [5.74, 6) is -0.965. The van der Waals surface area contributed by atoms with Crippen molar-refractivity contribution in [3.05, 3.63) is 32.9 Å². The Balaban J connectivity index is 2.35. The van der Waals surface area contributed by atoms with E-state index in [1.165, 1.54) is 0 Å². The van der Waals surface area contributed by atoms with Gasteiger partial charge in [-0.15, -0.1) is 0 Å². The molecule has 1 aromatic heterocycles. The number of nitrogens with zero attached hydrogens (tertiary/aromatic N) is 1. The van der Waals surface area contributed by atoms with E-state index in [1.54, 1.807) is 0 Å². The molecule has 1 atom stereocenters. The molecule has 0 aromatic carbocycles. The van der Waals surface area contributed by atoms with Gasteiger partial charge < -0.3 is 4.74 Å². The molecule has 0 bridgehead atoms. The van der Waals surface area contributed by atoms with E-state index in [1.807, 2.05) is 4.98 Å². The number of ether oxygens (including phenoxy) is 1. The lowest BCUT2D eigenvalue weighted by Gasteiger charge is -2.17. The topological polar surface area (TPSA) is 64.1 Å². The molecule has 0 unspecified atom stereocenters. The van der Waals surface area contributed by atoms with Crippen LogP contribution in [0.4, 0.5) is 4.39 Å². The zero-order valence-corrected chi connectivity index (χ0v) is 8.74. The average Bonchev–Trinajstić information content (AvgIpc) is 2.52. The Bertz CT molecular complexity index is 472. The van der Waals surface area contributed by atoms with E-state index < -0.39 is 23.3 Å². The van der Waals surface area contributed by atoms with Crippen LogP contribution in [0.5, 0.6) is 0 Å². The van der Waals surface area contributed by atoms with E-state index in [4.69, 9.17) is 4.74 Å². The maximum absolute atomic E-state index is 13.1. The Hall–Kier alpha value is -1.43. The van der Waals surface area contributed by atoms with Crippen LogP contribution in [0.2, 0.25) is 0 Å². The Morgan fingerprint density at radius 2 is 2.19 bits per heavy atom. The third kappa shape index (κ3) is 2.21. The molecule has 0 amide bonds. The minimum Gasteiger partial charge on any atom is -0.358 e. The second kappa shape index (κ2) is 4.61. The highest BCUT2D eigenvalue weighted by atomic mass is 19.1. The monoisotopic (exact) mass is 228 g/mol. The number of hydrogen-bond donors (Lipinski definition) is 1. The summed E-state index contributed by atoms with van der Waals surface area (Å²) in [5.41, 5.74) is -1.62. The number of rotatable bonds is 1. The van der Waals surface area contributed by atoms with Gasteiger partial charge >= 0.3 is 5.69 Å². The fourth-order valence-electron chi connectivity index (χ4n) is 1.79. The maximum Gasteiger partial charge on any atom is 0.330 e. The normalized spacial score (nSPS) is 21.7. The molecule has 1 saturated heterocycles. The van der Waals surface area contributed by atoms with Gasteiger partial charge in [0.15, 0.2) is 0 Å². The number of aromatic nitrogens is 2. The van der Waals surface area contributed by atoms with Crippen LogP contribution in [0.15, 0.2) is 15.8 Å². The molecule has 1 fully saturated rings. The number of aromatic amines is 1. The Labute approximate surface area is 90.9 Å². The first-order chi connectivity index (χ1) is 7.68. The van der Waals surface area contributed by atoms with E-state index in [2.05, 4.69) is 0 Å². The van der Waals surface area contributed by atoms with Gasteiger partial charge in [-0.1, -0.05) is 6.42 Å². The van der Waals surface area contributed by atoms with Gasteiger partial charge in [0.25, 0.3) is 5.56 Å². The standard InChI is InChI=1S/C10H13FN2O3/c11-7-6-13(10(15)12-9(7)14)8-4-2-1-3-5-16-8/h6,8H,1-5H2,(H,12,14,15)/t8-/m0/s1. The molecule has 1 aromatic rings. The van der Waals surface area contributed by atoms with Crippen LogP contribution >= 0.6 is 0 Å². The van der Waals surface area contributed by atoms with Crippen molar-refractivity contribution in [1.82, 2.24) is 9.55 Å². The molecule has 0 spiro atoms. The van der Waals surface area contributed by atoms with Gasteiger partial charge in [0.05, 0.1) is 6.20 Å². The summed E-state index contributed by atoms with van der Waals surface area (Å²) in [6.07, 6.45) is 4.01. The molecule has 6 heteroatoms. The highest BCUT2D eigenvalue weighted by molar-refractivity contribution is 4.88. The third-order valence-electron chi connectivity index (χ3n) is 2.64. The molecular formula is C10H13FN2O3. The third-order valence-corrected chi connectivity index (χ3v) is 2.64. The minimum atomic E-state index is -0.991. The summed E-state index contributed by atoms with van der Waals surface area (Å²) in [5, 5.41) is 0. The van der Waals surface area contributed by atoms with Gasteiger partial charge in [-0.3, -0.25) is 14.3 Å². The predicted octanol–water partition coefficient (Wildman–Crippen LogP) is 0.765. The largest absolute Gasteiger partial charge is 0.358 e. The lowest BCUT2D eigenvalue weighted by Crippen LogP contribution is -2.34. The quantitative estimate of drug-likeness (QED) is 0.772. The van der Waals surface area contributed by atoms with Crippen molar-refractivity contribution in [2.75, 3.05) is 6.61 Å². The SMILES string of the molecule is O=c1[nH]c(=O)n([C@@H]2CCCCCO2)cc1F. The van der Waals surface area contributed by atoms with Crippen LogP contribution in [-0.2, 0) is 4.74 Å². The van der Waals surface area contributed by atoms with E-state index in [0.717, 1.165) is 30.0 Å². The molecule has 0 aliphatic carbocycles. The Morgan fingerprint density at radius 3 is 3.00 bits per heavy atom. The van der Waals surface area contributed by atoms with E-state index >= 15 is 0 Å². The summed E-state index contributed by atoms with van der Waals surface area (Å²) >= 11 is 0. The zero-order chi connectivity index (χ0) is 11.5. The molecule has 2 heterocycles. The summed E-state index contributed by atoms with van der Waals surface area (Å²) in [4.78, 5) is 24.2. The van der Waals surface area contributed by atoms with Crippen LogP contribution in [0.25, 0.3) is 0 Å². The second-order valence-corrected chi connectivity index (χ2v) is 3.82. The predicted molar refractivity (Wildman–Crippen MR) is 54.7 cm³/mol. The van der Waals surface area contributed by atoms with Crippen molar-refractivity contribution in [2.24, 2.45) is 0 Å². The van der Waals surface area contributed by atoms with Crippen molar-refractivity contribution in [1.29, 1.82) is 0 Å². The van der Waals surface area contributed by atoms with Crippen molar-refractivity contribution < 1.29 is 9.13 Å². The molecule has 16 heavy (non-hydrogen) atoms. The number of nitrogens with one attached hydrogen (secondary N) is 1. The molecule has 5 nitrogen and oxygen atoms in total. The zero-order valence-electron chi connectivity index (χ0n) is 8.74. The van der Waals surface area contributed by atoms with Crippen LogP contribution in [0.1, 0.15) is 31.9 Å². The van der Waals surface area contributed by atoms with Gasteiger partial charge in [-0.25, -0.2) is 4.79 Å². The fourth-order valence-corrected chi connectivity index (χ4v) is 1.79. The fraction of sp³-hybridized carbons (Fsp3) is 0.600. The van der Waals surface area contributed by atoms with Gasteiger partial charge in [0.1, 0.15) is 6.23 Å². The molecule has 1 aliphatic rings. The van der Waals surface area contributed by atoms with E-state index in [9.17, 15) is 14.0 Å². The minimum absolute atomic E-state index is 0.471. The Morgan fingerprint density at radius 1 is 1.38 bits per heavy atom. The maximum atomic E-state index is 13.1. The van der Waals surface area contributed by atoms with Crippen molar-refractivity contribution >= 4 is 0 Å². The summed E-state index contributed by atoms with van der Waals surface area (Å²) in [6, 6.07) is 0. The van der Waals surface area contributed by atoms with Crippen LogP contribution < -0.4 is 11.2 Å². The molecule has 2 rings (SSSR count). The number of H-pyrrole nitrogens is 1. The van der Waals surface area contributed by atoms with E-state index in [0.29, 0.717) is 13.0 Å². The van der Waals surface area contributed by atoms with Crippen molar-refractivity contribution in [2.45, 2.75) is 31.9 Å². The first kappa shape index (κ1) is 11.1. The van der Waals surface area contributed by atoms with Crippen molar-refractivity contribution in [3.8, 4) is 0 Å². The smallest absolute Gasteiger partial charge is 0.330 e. The van der Waals surface area contributed by atoms with Gasteiger partial charge in [-0.05, 0) is 19.3 Å². The Kier molecular flexibility index (Phi) is 3.19. The number of halogens is 1. The summed E-state index contributed by atoms with van der Waals surface area (Å²) in [7, 11) is 0. The highest BCUT2D eigenvalue weighted by Gasteiger charge is 2.17. The van der Waals surface area contributed by atoms with Crippen LogP contribution in [0, 0.1) is 5.82 Å². The van der Waals surface area contributed by atoms with Gasteiger partial charge in [-0.2, -0.15) is 4.39 Å². The van der Waals surface area contributed by atoms with E-state index in [-0.39, 0.29) is 0 Å². The van der Waals surface area contributed by atoms with Gasteiger partial charge in [0, 0.05) is 6.61 Å². The first-order valence-corrected chi connectivity index (χ1v) is 5.31. The first-order valence-electron chi connectivity index (χ1n) is 5.31.